The van der Waals surface area contributed by atoms with Crippen molar-refractivity contribution in [3.63, 3.8) is 0 Å². The molecule has 0 aromatic rings. The van der Waals surface area contributed by atoms with Crippen molar-refractivity contribution < 1.29 is 15.0 Å². The standard InChI is InChI=1S/C54H97NO3/c1-3-5-7-9-11-13-15-17-19-21-23-25-26-27-28-30-32-34-36-38-40-42-44-46-48-50-54(58)55-52(51-56)53(57)49-47-45-43-41-39-37-35-33-31-29-24-22-20-18-16-14-12-10-8-6-4-2/h5,7,11,13,17,19,23,25,27-28,47,49,52-53,56-57H,3-4,6,8-10,12,14-16,18,20-22,24,26,29-46,48,50-51H2,1-2H3,(H,55,58)/b7-5-,13-11-,19-17-,25-23-,28-27-,49-47+. The molecule has 0 aromatic carbocycles. The summed E-state index contributed by atoms with van der Waals surface area (Å²) in [5.74, 6) is -0.0715. The average molecular weight is 808 g/mol. The van der Waals surface area contributed by atoms with Gasteiger partial charge >= 0.3 is 0 Å². The summed E-state index contributed by atoms with van der Waals surface area (Å²) in [6, 6.07) is -0.630. The predicted molar refractivity (Wildman–Crippen MR) is 257 cm³/mol. The molecule has 1 amide bonds. The van der Waals surface area contributed by atoms with Crippen LogP contribution in [0.15, 0.2) is 72.9 Å². The van der Waals surface area contributed by atoms with E-state index in [1.807, 2.05) is 6.08 Å². The van der Waals surface area contributed by atoms with Crippen molar-refractivity contribution in [2.45, 2.75) is 257 Å². The third kappa shape index (κ3) is 44.9. The minimum Gasteiger partial charge on any atom is -0.394 e. The summed E-state index contributed by atoms with van der Waals surface area (Å²) in [4.78, 5) is 12.4. The minimum atomic E-state index is -0.846. The SMILES string of the molecule is CC/C=C\C/C=C\C/C=C\C/C=C\C/C=C\CCCCCCCCCCCC(=O)NC(CO)C(O)/C=C/CCCCCCCCCCCCCCCCCCCCC. The lowest BCUT2D eigenvalue weighted by Crippen LogP contribution is -2.45. The van der Waals surface area contributed by atoms with Crippen LogP contribution in [0.3, 0.4) is 0 Å². The zero-order valence-electron chi connectivity index (χ0n) is 38.5. The minimum absolute atomic E-state index is 0.0715. The molecular formula is C54H97NO3. The van der Waals surface area contributed by atoms with Crippen LogP contribution in [-0.4, -0.2) is 34.9 Å². The lowest BCUT2D eigenvalue weighted by atomic mass is 10.0. The summed E-state index contributed by atoms with van der Waals surface area (Å²) in [7, 11) is 0. The van der Waals surface area contributed by atoms with Gasteiger partial charge in [-0.3, -0.25) is 4.79 Å². The second-order valence-electron chi connectivity index (χ2n) is 16.9. The topological polar surface area (TPSA) is 69.6 Å². The molecule has 3 N–H and O–H groups in total. The fraction of sp³-hybridized carbons (Fsp3) is 0.759. The van der Waals surface area contributed by atoms with Crippen molar-refractivity contribution in [1.82, 2.24) is 5.32 Å². The Morgan fingerprint density at radius 3 is 1.14 bits per heavy atom. The third-order valence-corrected chi connectivity index (χ3v) is 11.2. The smallest absolute Gasteiger partial charge is 0.220 e. The first kappa shape index (κ1) is 55.8. The largest absolute Gasteiger partial charge is 0.394 e. The number of aliphatic hydroxyl groups excluding tert-OH is 2. The molecule has 0 saturated carbocycles. The van der Waals surface area contributed by atoms with Gasteiger partial charge in [0.25, 0.3) is 0 Å². The van der Waals surface area contributed by atoms with Gasteiger partial charge < -0.3 is 15.5 Å². The van der Waals surface area contributed by atoms with E-state index in [-0.39, 0.29) is 12.5 Å². The fourth-order valence-electron chi connectivity index (χ4n) is 7.38. The summed E-state index contributed by atoms with van der Waals surface area (Å²) in [5, 5.41) is 23.1. The monoisotopic (exact) mass is 808 g/mol. The third-order valence-electron chi connectivity index (χ3n) is 11.2. The number of aliphatic hydroxyl groups is 2. The molecule has 0 aliphatic carbocycles. The van der Waals surface area contributed by atoms with Crippen LogP contribution in [0.25, 0.3) is 0 Å². The van der Waals surface area contributed by atoms with E-state index in [4.69, 9.17) is 0 Å². The summed E-state index contributed by atoms with van der Waals surface area (Å²) in [6.07, 6.45) is 70.3. The molecule has 0 saturated heterocycles. The Labute approximate surface area is 361 Å². The van der Waals surface area contributed by atoms with E-state index in [0.717, 1.165) is 57.8 Å². The van der Waals surface area contributed by atoms with E-state index >= 15 is 0 Å². The van der Waals surface area contributed by atoms with Gasteiger partial charge in [-0.05, 0) is 64.2 Å². The van der Waals surface area contributed by atoms with Crippen LogP contribution in [0.5, 0.6) is 0 Å². The maximum atomic E-state index is 12.4. The normalized spacial score (nSPS) is 13.5. The van der Waals surface area contributed by atoms with Crippen molar-refractivity contribution in [3.8, 4) is 0 Å². The van der Waals surface area contributed by atoms with Crippen molar-refractivity contribution in [2.24, 2.45) is 0 Å². The van der Waals surface area contributed by atoms with E-state index in [9.17, 15) is 15.0 Å². The second-order valence-corrected chi connectivity index (χ2v) is 16.9. The van der Waals surface area contributed by atoms with E-state index < -0.39 is 12.1 Å². The van der Waals surface area contributed by atoms with Crippen molar-refractivity contribution in [2.75, 3.05) is 6.61 Å². The van der Waals surface area contributed by atoms with E-state index in [0.29, 0.717) is 6.42 Å². The van der Waals surface area contributed by atoms with Gasteiger partial charge in [0.1, 0.15) is 0 Å². The summed E-state index contributed by atoms with van der Waals surface area (Å²) in [6.45, 7) is 4.20. The molecule has 4 nitrogen and oxygen atoms in total. The molecule has 58 heavy (non-hydrogen) atoms. The molecule has 0 aliphatic heterocycles. The highest BCUT2D eigenvalue weighted by atomic mass is 16.3. The quantitative estimate of drug-likeness (QED) is 0.0424. The lowest BCUT2D eigenvalue weighted by Gasteiger charge is -2.20. The summed E-state index contributed by atoms with van der Waals surface area (Å²) >= 11 is 0. The molecule has 4 heteroatoms. The van der Waals surface area contributed by atoms with Crippen LogP contribution in [0.4, 0.5) is 0 Å². The number of carbonyl (C=O) groups excluding carboxylic acids is 1. The van der Waals surface area contributed by atoms with Crippen LogP contribution >= 0.6 is 0 Å². The zero-order valence-corrected chi connectivity index (χ0v) is 38.5. The molecule has 0 bridgehead atoms. The number of unbranched alkanes of at least 4 members (excludes halogenated alkanes) is 28. The first-order valence-corrected chi connectivity index (χ1v) is 25.2. The Morgan fingerprint density at radius 1 is 0.431 bits per heavy atom. The highest BCUT2D eigenvalue weighted by molar-refractivity contribution is 5.76. The first-order chi connectivity index (χ1) is 28.7. The average Bonchev–Trinajstić information content (AvgIpc) is 3.23. The van der Waals surface area contributed by atoms with Crippen molar-refractivity contribution in [1.29, 1.82) is 0 Å². The Bertz CT molecular complexity index is 1010. The number of nitrogens with one attached hydrogen (secondary N) is 1. The number of carbonyl (C=O) groups is 1. The number of hydrogen-bond donors (Lipinski definition) is 3. The van der Waals surface area contributed by atoms with Gasteiger partial charge in [-0.15, -0.1) is 0 Å². The molecule has 0 rings (SSSR count). The lowest BCUT2D eigenvalue weighted by molar-refractivity contribution is -0.123. The number of allylic oxidation sites excluding steroid dienone is 11. The van der Waals surface area contributed by atoms with Gasteiger partial charge in [-0.1, -0.05) is 247 Å². The van der Waals surface area contributed by atoms with Crippen LogP contribution in [0, 0.1) is 0 Å². The van der Waals surface area contributed by atoms with Crippen LogP contribution in [-0.2, 0) is 4.79 Å². The molecule has 2 unspecified atom stereocenters. The molecule has 0 aromatic heterocycles. The van der Waals surface area contributed by atoms with Gasteiger partial charge in [-0.2, -0.15) is 0 Å². The van der Waals surface area contributed by atoms with E-state index in [2.05, 4.69) is 79.9 Å². The van der Waals surface area contributed by atoms with E-state index in [1.54, 1.807) is 6.08 Å². The van der Waals surface area contributed by atoms with Crippen LogP contribution < -0.4 is 5.32 Å². The number of rotatable bonds is 45. The van der Waals surface area contributed by atoms with Crippen LogP contribution in [0.2, 0.25) is 0 Å². The molecule has 0 aliphatic rings. The maximum absolute atomic E-state index is 12.4. The molecule has 2 atom stereocenters. The van der Waals surface area contributed by atoms with Gasteiger partial charge in [0.05, 0.1) is 18.8 Å². The Hall–Kier alpha value is -2.17. The van der Waals surface area contributed by atoms with Gasteiger partial charge in [0.2, 0.25) is 5.91 Å². The van der Waals surface area contributed by atoms with Crippen molar-refractivity contribution >= 4 is 5.91 Å². The van der Waals surface area contributed by atoms with E-state index in [1.165, 1.54) is 167 Å². The maximum Gasteiger partial charge on any atom is 0.220 e. The Morgan fingerprint density at radius 2 is 0.759 bits per heavy atom. The highest BCUT2D eigenvalue weighted by Crippen LogP contribution is 2.16. The van der Waals surface area contributed by atoms with Crippen molar-refractivity contribution in [3.05, 3.63) is 72.9 Å². The van der Waals surface area contributed by atoms with Gasteiger partial charge in [0.15, 0.2) is 0 Å². The molecule has 0 heterocycles. The molecular weight excluding hydrogens is 711 g/mol. The van der Waals surface area contributed by atoms with Gasteiger partial charge in [-0.25, -0.2) is 0 Å². The summed E-state index contributed by atoms with van der Waals surface area (Å²) in [5.41, 5.74) is 0. The van der Waals surface area contributed by atoms with Gasteiger partial charge in [0, 0.05) is 6.42 Å². The Balaban J connectivity index is 3.58. The zero-order chi connectivity index (χ0) is 42.1. The fourth-order valence-corrected chi connectivity index (χ4v) is 7.38. The predicted octanol–water partition coefficient (Wildman–Crippen LogP) is 16.2. The number of hydrogen-bond acceptors (Lipinski definition) is 3. The first-order valence-electron chi connectivity index (χ1n) is 25.2. The molecule has 0 fully saturated rings. The number of amides is 1. The molecule has 336 valence electrons. The summed E-state index contributed by atoms with van der Waals surface area (Å²) < 4.78 is 0. The second kappa shape index (κ2) is 49.2. The molecule has 0 spiro atoms. The van der Waals surface area contributed by atoms with Crippen LogP contribution in [0.1, 0.15) is 245 Å². The molecule has 0 radical (unpaired) electrons. The Kier molecular flexibility index (Phi) is 47.4. The highest BCUT2D eigenvalue weighted by Gasteiger charge is 2.18.